The van der Waals surface area contributed by atoms with E-state index in [1.165, 1.54) is 5.01 Å². The van der Waals surface area contributed by atoms with Gasteiger partial charge in [-0.2, -0.15) is 0 Å². The van der Waals surface area contributed by atoms with E-state index in [0.29, 0.717) is 62.7 Å². The molecule has 14 nitrogen and oxygen atoms in total. The number of benzene rings is 1. The first-order chi connectivity index (χ1) is 29.7. The van der Waals surface area contributed by atoms with Gasteiger partial charge in [0.2, 0.25) is 5.91 Å². The lowest BCUT2D eigenvalue weighted by Gasteiger charge is -2.37. The molecule has 9 atom stereocenters. The highest BCUT2D eigenvalue weighted by molar-refractivity contribution is 8.14. The molecular formula is C47H67N7O7S. The van der Waals surface area contributed by atoms with Gasteiger partial charge < -0.3 is 29.2 Å². The first-order valence-electron chi connectivity index (χ1n) is 22.5. The number of nitrogens with one attached hydrogen (secondary N) is 2. The number of hydrazine groups is 1. The number of likely N-dealkylation sites (tertiary alicyclic amines) is 1. The van der Waals surface area contributed by atoms with Crippen molar-refractivity contribution in [3.8, 4) is 0 Å². The quantitative estimate of drug-likeness (QED) is 0.145. The maximum atomic E-state index is 14.9. The SMILES string of the molecule is C=C/C(=C(\N=C/C)[C@H](C)OC)c1c2c3cc(ccc3n1CC)C1CSC(=N1)[C@@H](OCCN1CC[C@@H](O)C1)[C@H](NC(=O)[C@H]1[C@H](C)[C@@H]1C)C(=O)N1CCC[C@H](N1)C(=O)OCC(C)(C)C2. The van der Waals surface area contributed by atoms with Gasteiger partial charge in [0.05, 0.1) is 42.9 Å². The second-order valence-electron chi connectivity index (χ2n) is 18.4. The number of aliphatic hydroxyl groups excluding tert-OH is 1. The maximum Gasteiger partial charge on any atom is 0.324 e. The molecule has 1 aromatic carbocycles. The largest absolute Gasteiger partial charge is 0.464 e. The van der Waals surface area contributed by atoms with E-state index in [4.69, 9.17) is 24.2 Å². The molecule has 3 N–H and O–H groups in total. The molecule has 1 aliphatic carbocycles. The molecule has 2 amide bonds. The Hall–Kier alpha value is -3.86. The molecule has 62 heavy (non-hydrogen) atoms. The van der Waals surface area contributed by atoms with Gasteiger partial charge in [-0.15, -0.1) is 11.8 Å². The van der Waals surface area contributed by atoms with Crippen LogP contribution in [0.2, 0.25) is 0 Å². The summed E-state index contributed by atoms with van der Waals surface area (Å²) in [5, 5.41) is 16.5. The lowest BCUT2D eigenvalue weighted by atomic mass is 9.84. The van der Waals surface area contributed by atoms with Crippen molar-refractivity contribution >= 4 is 57.3 Å². The fourth-order valence-corrected chi connectivity index (χ4v) is 10.8. The Kier molecular flexibility index (Phi) is 14.5. The number of fused-ring (bicyclic) bond motifs is 5. The van der Waals surface area contributed by atoms with Crippen LogP contribution in [0.1, 0.15) is 90.6 Å². The molecule has 0 spiro atoms. The van der Waals surface area contributed by atoms with E-state index >= 15 is 0 Å². The van der Waals surface area contributed by atoms with E-state index in [1.807, 2.05) is 19.9 Å². The van der Waals surface area contributed by atoms with Gasteiger partial charge in [-0.1, -0.05) is 46.4 Å². The topological polar surface area (TPSA) is 159 Å². The summed E-state index contributed by atoms with van der Waals surface area (Å²) in [5.41, 5.74) is 8.50. The number of aromatic nitrogens is 1. The van der Waals surface area contributed by atoms with Gasteiger partial charge in [0.1, 0.15) is 23.2 Å². The first kappa shape index (κ1) is 46.1. The minimum Gasteiger partial charge on any atom is -0.464 e. The molecule has 2 aromatic rings. The standard InChI is InChI=1S/C47H67N7O7S/c1-10-32(39(48-11-2)29(6)59-9)41-34-23-47(7,8)26-61-46(58)35-14-13-18-54(51-35)45(57)40(50-43(56)38-27(4)28(38)5)42(60-21-20-52-19-17-31(55)24-52)44-49-36(25-62-44)30-15-16-37(33(34)22-30)53(41)12-3/h10-11,15-16,22,27-29,31,35-36,38,40,42,51,55H,1,12-14,17-21,23-26H2,2-9H3,(H,50,56)/b39-32+,48-11-/t27-,28+,29-,31+,35-,36?,38+,40-,42-/m0/s1. The Morgan fingerprint density at radius 2 is 2.00 bits per heavy atom. The average Bonchev–Trinajstić information content (AvgIpc) is 3.68. The molecule has 5 aliphatic rings. The number of allylic oxidation sites excluding steroid dienone is 2. The van der Waals surface area contributed by atoms with Crippen molar-refractivity contribution in [3.05, 3.63) is 53.4 Å². The number of cyclic esters (lactones) is 1. The molecule has 2 saturated heterocycles. The number of esters is 1. The monoisotopic (exact) mass is 873 g/mol. The molecule has 0 radical (unpaired) electrons. The lowest BCUT2D eigenvalue weighted by molar-refractivity contribution is -0.156. The number of ether oxygens (including phenoxy) is 3. The molecule has 1 aromatic heterocycles. The summed E-state index contributed by atoms with van der Waals surface area (Å²) in [4.78, 5) is 55.1. The number of hydrogen-bond acceptors (Lipinski definition) is 12. The summed E-state index contributed by atoms with van der Waals surface area (Å²) in [6, 6.07) is 4.43. The highest BCUT2D eigenvalue weighted by Crippen LogP contribution is 2.46. The van der Waals surface area contributed by atoms with Crippen LogP contribution in [0.3, 0.4) is 0 Å². The van der Waals surface area contributed by atoms with E-state index in [1.54, 1.807) is 25.1 Å². The number of rotatable bonds is 12. The summed E-state index contributed by atoms with van der Waals surface area (Å²) in [6.45, 7) is 21.9. The molecule has 15 heteroatoms. The Morgan fingerprint density at radius 3 is 2.66 bits per heavy atom. The summed E-state index contributed by atoms with van der Waals surface area (Å²) in [6.07, 6.45) is 4.41. The van der Waals surface area contributed by atoms with Crippen LogP contribution in [0.5, 0.6) is 0 Å². The maximum absolute atomic E-state index is 14.9. The van der Waals surface area contributed by atoms with Crippen molar-refractivity contribution in [2.75, 3.05) is 52.3 Å². The van der Waals surface area contributed by atoms with Crippen LogP contribution in [0, 0.1) is 23.2 Å². The highest BCUT2D eigenvalue weighted by Gasteiger charge is 2.50. The van der Waals surface area contributed by atoms with Crippen molar-refractivity contribution in [2.24, 2.45) is 33.2 Å². The van der Waals surface area contributed by atoms with Crippen LogP contribution in [0.4, 0.5) is 0 Å². The molecule has 5 heterocycles. The molecule has 6 bridgehead atoms. The van der Waals surface area contributed by atoms with E-state index in [2.05, 4.69) is 79.6 Å². The second-order valence-corrected chi connectivity index (χ2v) is 19.5. The van der Waals surface area contributed by atoms with Gasteiger partial charge in [0.25, 0.3) is 5.91 Å². The van der Waals surface area contributed by atoms with Crippen molar-refractivity contribution < 1.29 is 33.7 Å². The summed E-state index contributed by atoms with van der Waals surface area (Å²) < 4.78 is 21.0. The number of β-amino-alcohol motifs (C(OH)–C–C–N with tert-alkyl or cyclic N) is 1. The molecule has 338 valence electrons. The van der Waals surface area contributed by atoms with E-state index < -0.39 is 29.6 Å². The third-order valence-corrected chi connectivity index (χ3v) is 14.6. The third-order valence-electron chi connectivity index (χ3n) is 13.5. The fraction of sp³-hybridized carbons (Fsp3) is 0.638. The summed E-state index contributed by atoms with van der Waals surface area (Å²) >= 11 is 1.55. The number of hydrogen-bond donors (Lipinski definition) is 3. The number of carbonyl (C=O) groups is 3. The van der Waals surface area contributed by atoms with Crippen LogP contribution in [0.15, 0.2) is 46.5 Å². The number of methoxy groups -OCH3 is 1. The van der Waals surface area contributed by atoms with Crippen LogP contribution >= 0.6 is 11.8 Å². The van der Waals surface area contributed by atoms with Crippen molar-refractivity contribution in [3.63, 3.8) is 0 Å². The minimum atomic E-state index is -1.11. The smallest absolute Gasteiger partial charge is 0.324 e. The Labute approximate surface area is 370 Å². The van der Waals surface area contributed by atoms with Gasteiger partial charge in [-0.3, -0.25) is 34.3 Å². The number of aliphatic imine (C=N–C) groups is 2. The lowest BCUT2D eigenvalue weighted by Crippen LogP contribution is -2.63. The van der Waals surface area contributed by atoms with E-state index in [9.17, 15) is 19.5 Å². The molecular weight excluding hydrogens is 807 g/mol. The Morgan fingerprint density at radius 1 is 1.23 bits per heavy atom. The number of carbonyl (C=O) groups excluding carboxylic acids is 3. The van der Waals surface area contributed by atoms with Crippen molar-refractivity contribution in [1.29, 1.82) is 0 Å². The number of aliphatic hydroxyl groups is 1. The second kappa shape index (κ2) is 19.5. The van der Waals surface area contributed by atoms with Crippen LogP contribution < -0.4 is 10.7 Å². The van der Waals surface area contributed by atoms with Gasteiger partial charge in [-0.05, 0) is 81.5 Å². The first-order valence-corrected chi connectivity index (χ1v) is 23.5. The molecule has 7 rings (SSSR count). The predicted octanol–water partition coefficient (Wildman–Crippen LogP) is 5.33. The Balaban J connectivity index is 1.37. The molecule has 1 unspecified atom stereocenters. The van der Waals surface area contributed by atoms with Gasteiger partial charge in [-0.25, -0.2) is 5.43 Å². The number of aryl methyl sites for hydroxylation is 1. The van der Waals surface area contributed by atoms with Crippen LogP contribution in [0.25, 0.3) is 16.5 Å². The highest BCUT2D eigenvalue weighted by atomic mass is 32.2. The van der Waals surface area contributed by atoms with E-state index in [0.717, 1.165) is 45.5 Å². The number of thioether (sulfide) groups is 1. The van der Waals surface area contributed by atoms with Gasteiger partial charge in [0, 0.05) is 79.6 Å². The normalized spacial score (nSPS) is 30.2. The molecule has 3 fully saturated rings. The summed E-state index contributed by atoms with van der Waals surface area (Å²) in [7, 11) is 1.68. The Bertz CT molecular complexity index is 2110. The van der Waals surface area contributed by atoms with Gasteiger partial charge in [0.15, 0.2) is 0 Å². The zero-order valence-electron chi connectivity index (χ0n) is 37.8. The van der Waals surface area contributed by atoms with Crippen LogP contribution in [-0.4, -0.2) is 131 Å². The van der Waals surface area contributed by atoms with Crippen molar-refractivity contribution in [1.82, 2.24) is 25.2 Å². The fourth-order valence-electron chi connectivity index (χ4n) is 9.62. The zero-order valence-corrected chi connectivity index (χ0v) is 38.6. The average molecular weight is 874 g/mol. The minimum absolute atomic E-state index is 0.144. The zero-order chi connectivity index (χ0) is 44.5. The number of nitrogens with zero attached hydrogens (tertiary/aromatic N) is 5. The van der Waals surface area contributed by atoms with E-state index in [-0.39, 0.29) is 61.0 Å². The third kappa shape index (κ3) is 9.63. The molecule has 1 saturated carbocycles. The predicted molar refractivity (Wildman–Crippen MR) is 245 cm³/mol. The van der Waals surface area contributed by atoms with Crippen LogP contribution in [-0.2, 0) is 41.6 Å². The molecule has 4 aliphatic heterocycles. The number of amides is 2. The summed E-state index contributed by atoms with van der Waals surface area (Å²) in [5.74, 6) is -0.208. The van der Waals surface area contributed by atoms with Gasteiger partial charge >= 0.3 is 5.97 Å². The van der Waals surface area contributed by atoms with Crippen molar-refractivity contribution in [2.45, 2.75) is 117 Å².